The van der Waals surface area contributed by atoms with Gasteiger partial charge >= 0.3 is 0 Å². The van der Waals surface area contributed by atoms with Crippen LogP contribution in [0.2, 0.25) is 0 Å². The Morgan fingerprint density at radius 1 is 1.67 bits per heavy atom. The third-order valence-electron chi connectivity index (χ3n) is 2.47. The molecule has 1 aromatic heterocycles. The molecule has 0 radical (unpaired) electrons. The van der Waals surface area contributed by atoms with Crippen LogP contribution in [0.25, 0.3) is 0 Å². The fraction of sp³-hybridized carbons (Fsp3) is 0.444. The molecule has 5 nitrogen and oxygen atoms in total. The van der Waals surface area contributed by atoms with Crippen LogP contribution in [0, 0.1) is 12.8 Å². The first kappa shape index (κ1) is 10.4. The molecule has 0 spiro atoms. The van der Waals surface area contributed by atoms with Gasteiger partial charge in [-0.1, -0.05) is 0 Å². The van der Waals surface area contributed by atoms with Gasteiger partial charge in [-0.05, 0) is 22.9 Å². The summed E-state index contributed by atoms with van der Waals surface area (Å²) in [6.45, 7) is 3.15. The standard InChI is InChI=1S/C9H11BrN4O/c1-5-7(10)2-12-9(13-5)14-3-6(4-14)8(11)15/h2,6H,3-4H2,1H3,(H2,11,15). The summed E-state index contributed by atoms with van der Waals surface area (Å²) in [6, 6.07) is 0. The number of rotatable bonds is 2. The van der Waals surface area contributed by atoms with E-state index in [1.165, 1.54) is 0 Å². The van der Waals surface area contributed by atoms with Gasteiger partial charge in [0.25, 0.3) is 0 Å². The van der Waals surface area contributed by atoms with Crippen molar-refractivity contribution in [1.29, 1.82) is 0 Å². The molecular weight excluding hydrogens is 260 g/mol. The molecule has 2 N–H and O–H groups in total. The molecule has 1 aromatic rings. The van der Waals surface area contributed by atoms with Gasteiger partial charge in [-0.25, -0.2) is 9.97 Å². The van der Waals surface area contributed by atoms with Crippen molar-refractivity contribution in [3.63, 3.8) is 0 Å². The summed E-state index contributed by atoms with van der Waals surface area (Å²) in [5, 5.41) is 0. The number of aromatic nitrogens is 2. The number of carbonyl (C=O) groups excluding carboxylic acids is 1. The van der Waals surface area contributed by atoms with E-state index in [-0.39, 0.29) is 11.8 Å². The first-order valence-electron chi connectivity index (χ1n) is 4.61. The highest BCUT2D eigenvalue weighted by Gasteiger charge is 2.32. The number of aryl methyl sites for hydroxylation is 1. The van der Waals surface area contributed by atoms with Crippen LogP contribution in [0.15, 0.2) is 10.7 Å². The van der Waals surface area contributed by atoms with Crippen molar-refractivity contribution in [1.82, 2.24) is 9.97 Å². The lowest BCUT2D eigenvalue weighted by molar-refractivity contribution is -0.122. The monoisotopic (exact) mass is 270 g/mol. The van der Waals surface area contributed by atoms with Crippen LogP contribution in [0.4, 0.5) is 5.95 Å². The SMILES string of the molecule is Cc1nc(N2CC(C(N)=O)C2)ncc1Br. The number of primary amides is 1. The Kier molecular flexibility index (Phi) is 2.60. The van der Waals surface area contributed by atoms with Gasteiger partial charge in [-0.2, -0.15) is 0 Å². The lowest BCUT2D eigenvalue weighted by Crippen LogP contribution is -2.53. The minimum Gasteiger partial charge on any atom is -0.369 e. The van der Waals surface area contributed by atoms with Crippen LogP contribution in [0.5, 0.6) is 0 Å². The Morgan fingerprint density at radius 2 is 2.33 bits per heavy atom. The number of amides is 1. The Balaban J connectivity index is 2.07. The van der Waals surface area contributed by atoms with E-state index in [1.807, 2.05) is 11.8 Å². The highest BCUT2D eigenvalue weighted by Crippen LogP contribution is 2.22. The largest absolute Gasteiger partial charge is 0.369 e. The normalized spacial score (nSPS) is 16.3. The van der Waals surface area contributed by atoms with Crippen LogP contribution in [-0.4, -0.2) is 29.0 Å². The molecule has 15 heavy (non-hydrogen) atoms. The number of nitrogens with zero attached hydrogens (tertiary/aromatic N) is 3. The van der Waals surface area contributed by atoms with Gasteiger partial charge in [0.15, 0.2) is 0 Å². The average molecular weight is 271 g/mol. The van der Waals surface area contributed by atoms with Crippen LogP contribution in [0.3, 0.4) is 0 Å². The van der Waals surface area contributed by atoms with E-state index in [9.17, 15) is 4.79 Å². The van der Waals surface area contributed by atoms with Crippen LogP contribution in [0.1, 0.15) is 5.69 Å². The zero-order chi connectivity index (χ0) is 11.0. The Hall–Kier alpha value is -1.17. The summed E-state index contributed by atoms with van der Waals surface area (Å²) in [5.74, 6) is 0.353. The minimum absolute atomic E-state index is 0.0578. The second-order valence-electron chi connectivity index (χ2n) is 3.61. The van der Waals surface area contributed by atoms with Crippen molar-refractivity contribution in [2.45, 2.75) is 6.92 Å². The number of halogens is 1. The molecule has 0 unspecified atom stereocenters. The summed E-state index contributed by atoms with van der Waals surface area (Å²) in [6.07, 6.45) is 1.72. The third-order valence-corrected chi connectivity index (χ3v) is 3.25. The molecular formula is C9H11BrN4O. The highest BCUT2D eigenvalue weighted by molar-refractivity contribution is 9.10. The second-order valence-corrected chi connectivity index (χ2v) is 4.46. The van der Waals surface area contributed by atoms with Gasteiger partial charge in [-0.3, -0.25) is 4.79 Å². The third kappa shape index (κ3) is 1.94. The van der Waals surface area contributed by atoms with Gasteiger partial charge in [0.1, 0.15) is 0 Å². The molecule has 1 amide bonds. The van der Waals surface area contributed by atoms with E-state index in [1.54, 1.807) is 6.20 Å². The van der Waals surface area contributed by atoms with E-state index in [0.717, 1.165) is 10.2 Å². The first-order chi connectivity index (χ1) is 7.08. The van der Waals surface area contributed by atoms with Crippen molar-refractivity contribution in [3.05, 3.63) is 16.4 Å². The average Bonchev–Trinajstić information content (AvgIpc) is 2.08. The summed E-state index contributed by atoms with van der Waals surface area (Å²) >= 11 is 3.34. The number of anilines is 1. The zero-order valence-corrected chi connectivity index (χ0v) is 9.86. The molecule has 0 atom stereocenters. The summed E-state index contributed by atoms with van der Waals surface area (Å²) in [4.78, 5) is 21.2. The molecule has 2 heterocycles. The number of hydrogen-bond acceptors (Lipinski definition) is 4. The predicted octanol–water partition coefficient (Wildman–Crippen LogP) is 0.469. The van der Waals surface area contributed by atoms with Crippen molar-refractivity contribution in [2.24, 2.45) is 11.7 Å². The van der Waals surface area contributed by atoms with Gasteiger partial charge < -0.3 is 10.6 Å². The maximum Gasteiger partial charge on any atom is 0.225 e. The molecule has 1 aliphatic rings. The van der Waals surface area contributed by atoms with E-state index >= 15 is 0 Å². The maximum absolute atomic E-state index is 10.8. The van der Waals surface area contributed by atoms with E-state index < -0.39 is 0 Å². The number of carbonyl (C=O) groups is 1. The molecule has 80 valence electrons. The quantitative estimate of drug-likeness (QED) is 0.848. The van der Waals surface area contributed by atoms with Gasteiger partial charge in [0, 0.05) is 19.3 Å². The molecule has 2 rings (SSSR count). The van der Waals surface area contributed by atoms with Crippen LogP contribution < -0.4 is 10.6 Å². The van der Waals surface area contributed by atoms with Crippen molar-refractivity contribution in [2.75, 3.05) is 18.0 Å². The summed E-state index contributed by atoms with van der Waals surface area (Å²) in [7, 11) is 0. The van der Waals surface area contributed by atoms with Crippen molar-refractivity contribution >= 4 is 27.8 Å². The van der Waals surface area contributed by atoms with Gasteiger partial charge in [-0.15, -0.1) is 0 Å². The minimum atomic E-state index is -0.250. The lowest BCUT2D eigenvalue weighted by atomic mass is 10.0. The molecule has 0 aliphatic carbocycles. The molecule has 1 saturated heterocycles. The second kappa shape index (κ2) is 3.77. The first-order valence-corrected chi connectivity index (χ1v) is 5.40. The number of nitrogens with two attached hydrogens (primary N) is 1. The molecule has 0 aromatic carbocycles. The van der Waals surface area contributed by atoms with Crippen LogP contribution in [-0.2, 0) is 4.79 Å². The topological polar surface area (TPSA) is 72.1 Å². The summed E-state index contributed by atoms with van der Waals surface area (Å²) in [5.41, 5.74) is 6.07. The van der Waals surface area contributed by atoms with Gasteiger partial charge in [0.2, 0.25) is 11.9 Å². The van der Waals surface area contributed by atoms with Crippen LogP contribution >= 0.6 is 15.9 Å². The fourth-order valence-corrected chi connectivity index (χ4v) is 1.61. The Bertz CT molecular complexity index is 403. The van der Waals surface area contributed by atoms with Crippen molar-refractivity contribution in [3.8, 4) is 0 Å². The Labute approximate surface area is 95.8 Å². The van der Waals surface area contributed by atoms with Gasteiger partial charge in [0.05, 0.1) is 16.1 Å². The zero-order valence-electron chi connectivity index (χ0n) is 8.27. The fourth-order valence-electron chi connectivity index (χ4n) is 1.41. The van der Waals surface area contributed by atoms with E-state index in [0.29, 0.717) is 19.0 Å². The lowest BCUT2D eigenvalue weighted by Gasteiger charge is -2.37. The molecule has 0 saturated carbocycles. The smallest absolute Gasteiger partial charge is 0.225 e. The Morgan fingerprint density at radius 3 is 2.87 bits per heavy atom. The van der Waals surface area contributed by atoms with E-state index in [2.05, 4.69) is 25.9 Å². The molecule has 1 aliphatic heterocycles. The highest BCUT2D eigenvalue weighted by atomic mass is 79.9. The molecule has 1 fully saturated rings. The summed E-state index contributed by atoms with van der Waals surface area (Å²) < 4.78 is 0.887. The maximum atomic E-state index is 10.8. The van der Waals surface area contributed by atoms with E-state index in [4.69, 9.17) is 5.73 Å². The number of hydrogen-bond donors (Lipinski definition) is 1. The van der Waals surface area contributed by atoms with Crippen molar-refractivity contribution < 1.29 is 4.79 Å². The molecule has 6 heteroatoms. The molecule has 0 bridgehead atoms. The predicted molar refractivity (Wildman–Crippen MR) is 59.4 cm³/mol.